The molecule has 8 heteroatoms. The van der Waals surface area contributed by atoms with E-state index in [-0.39, 0.29) is 12.6 Å². The first-order valence-electron chi connectivity index (χ1n) is 8.57. The summed E-state index contributed by atoms with van der Waals surface area (Å²) in [6.07, 6.45) is 3.14. The van der Waals surface area contributed by atoms with Gasteiger partial charge in [-0.25, -0.2) is 4.79 Å². The lowest BCUT2D eigenvalue weighted by Crippen LogP contribution is -2.59. The van der Waals surface area contributed by atoms with Gasteiger partial charge in [0.1, 0.15) is 0 Å². The zero-order valence-corrected chi connectivity index (χ0v) is 13.8. The Bertz CT molecular complexity index is 726. The highest BCUT2D eigenvalue weighted by Crippen LogP contribution is 2.28. The quantitative estimate of drug-likeness (QED) is 0.679. The van der Waals surface area contributed by atoms with E-state index in [2.05, 4.69) is 5.10 Å². The summed E-state index contributed by atoms with van der Waals surface area (Å²) >= 11 is 0. The van der Waals surface area contributed by atoms with E-state index < -0.39 is 11.8 Å². The molecule has 1 fully saturated rings. The Morgan fingerprint density at radius 2 is 1.92 bits per heavy atom. The van der Waals surface area contributed by atoms with Crippen LogP contribution >= 0.6 is 0 Å². The van der Waals surface area contributed by atoms with Crippen molar-refractivity contribution in [3.8, 4) is 0 Å². The second-order valence-electron chi connectivity index (χ2n) is 6.49. The van der Waals surface area contributed by atoms with Crippen LogP contribution in [0.1, 0.15) is 30.3 Å². The van der Waals surface area contributed by atoms with Crippen LogP contribution in [0.5, 0.6) is 0 Å². The van der Waals surface area contributed by atoms with Gasteiger partial charge in [0.25, 0.3) is 0 Å². The molecule has 1 saturated heterocycles. The van der Waals surface area contributed by atoms with Gasteiger partial charge in [-0.1, -0.05) is 0 Å². The third kappa shape index (κ3) is 2.20. The maximum absolute atomic E-state index is 12.8. The highest BCUT2D eigenvalue weighted by Gasteiger charge is 2.38. The van der Waals surface area contributed by atoms with E-state index >= 15 is 0 Å². The van der Waals surface area contributed by atoms with E-state index in [0.29, 0.717) is 32.7 Å². The molecule has 0 N–H and O–H groups in total. The van der Waals surface area contributed by atoms with Gasteiger partial charge in [0.15, 0.2) is 0 Å². The van der Waals surface area contributed by atoms with Crippen LogP contribution in [0.2, 0.25) is 0 Å². The number of piperazine rings is 1. The predicted molar refractivity (Wildman–Crippen MR) is 84.0 cm³/mol. The van der Waals surface area contributed by atoms with Crippen molar-refractivity contribution in [3.63, 3.8) is 0 Å². The third-order valence-corrected chi connectivity index (χ3v) is 5.20. The van der Waals surface area contributed by atoms with Crippen LogP contribution in [0.25, 0.3) is 0 Å². The normalized spacial score (nSPS) is 20.5. The SMILES string of the molecule is CCN1CCN(C(=O)N2CCn3nc4c(c3C2)CCC4)C(=O)C1=O. The Balaban J connectivity index is 1.51. The number of fused-ring (bicyclic) bond motifs is 3. The third-order valence-electron chi connectivity index (χ3n) is 5.20. The molecule has 3 heterocycles. The Hall–Kier alpha value is -2.38. The molecule has 0 aromatic carbocycles. The maximum Gasteiger partial charge on any atom is 0.327 e. The van der Waals surface area contributed by atoms with E-state index in [1.165, 1.54) is 10.5 Å². The molecule has 3 aliphatic rings. The second kappa shape index (κ2) is 5.61. The molecule has 0 atom stereocenters. The lowest BCUT2D eigenvalue weighted by atomic mass is 10.1. The topological polar surface area (TPSA) is 78.8 Å². The number of likely N-dealkylation sites (N-methyl/N-ethyl adjacent to an activating group) is 1. The van der Waals surface area contributed by atoms with Crippen molar-refractivity contribution in [1.82, 2.24) is 24.5 Å². The molecule has 1 aromatic heterocycles. The highest BCUT2D eigenvalue weighted by atomic mass is 16.2. The summed E-state index contributed by atoms with van der Waals surface area (Å²) in [6, 6.07) is -0.358. The van der Waals surface area contributed by atoms with Crippen LogP contribution in [0.3, 0.4) is 0 Å². The van der Waals surface area contributed by atoms with Gasteiger partial charge in [0, 0.05) is 26.2 Å². The van der Waals surface area contributed by atoms with E-state index in [1.807, 2.05) is 11.6 Å². The lowest BCUT2D eigenvalue weighted by molar-refractivity contribution is -0.154. The minimum absolute atomic E-state index is 0.269. The number of nitrogens with zero attached hydrogens (tertiary/aromatic N) is 5. The summed E-state index contributed by atoms with van der Waals surface area (Å²) in [5, 5.41) is 4.62. The fraction of sp³-hybridized carbons (Fsp3) is 0.625. The number of hydrogen-bond acceptors (Lipinski definition) is 4. The number of carbonyl (C=O) groups excluding carboxylic acids is 3. The van der Waals surface area contributed by atoms with Gasteiger partial charge in [-0.2, -0.15) is 5.10 Å². The molecule has 128 valence electrons. The second-order valence-corrected chi connectivity index (χ2v) is 6.49. The zero-order chi connectivity index (χ0) is 16.8. The molecule has 0 unspecified atom stereocenters. The summed E-state index contributed by atoms with van der Waals surface area (Å²) < 4.78 is 2.00. The Kier molecular flexibility index (Phi) is 3.54. The number of aromatic nitrogens is 2. The highest BCUT2D eigenvalue weighted by molar-refractivity contribution is 6.38. The predicted octanol–water partition coefficient (Wildman–Crippen LogP) is -0.00190. The number of imide groups is 1. The molecule has 2 aliphatic heterocycles. The Morgan fingerprint density at radius 1 is 1.08 bits per heavy atom. The number of aryl methyl sites for hydroxylation is 1. The first-order chi connectivity index (χ1) is 11.6. The summed E-state index contributed by atoms with van der Waals surface area (Å²) in [7, 11) is 0. The fourth-order valence-electron chi connectivity index (χ4n) is 3.84. The van der Waals surface area contributed by atoms with Crippen LogP contribution < -0.4 is 0 Å². The summed E-state index contributed by atoms with van der Waals surface area (Å²) in [5.41, 5.74) is 3.51. The van der Waals surface area contributed by atoms with Crippen molar-refractivity contribution in [2.24, 2.45) is 0 Å². The average Bonchev–Trinajstić information content (AvgIpc) is 3.17. The van der Waals surface area contributed by atoms with Crippen LogP contribution in [-0.2, 0) is 35.5 Å². The molecule has 4 amide bonds. The van der Waals surface area contributed by atoms with Gasteiger partial charge in [-0.15, -0.1) is 0 Å². The van der Waals surface area contributed by atoms with Crippen LogP contribution in [0.4, 0.5) is 4.79 Å². The Labute approximate surface area is 140 Å². The standard InChI is InChI=1S/C16H21N5O3/c1-2-18-6-8-20(15(23)14(18)22)16(24)19-7-9-21-13(10-19)11-4-3-5-12(11)17-21/h2-10H2,1H3. The molecule has 1 aromatic rings. The number of amides is 4. The summed E-state index contributed by atoms with van der Waals surface area (Å²) in [5.74, 6) is -1.29. The monoisotopic (exact) mass is 331 g/mol. The average molecular weight is 331 g/mol. The van der Waals surface area contributed by atoms with Gasteiger partial charge < -0.3 is 9.80 Å². The molecular weight excluding hydrogens is 310 g/mol. The van der Waals surface area contributed by atoms with Gasteiger partial charge >= 0.3 is 17.8 Å². The summed E-state index contributed by atoms with van der Waals surface area (Å²) in [4.78, 5) is 41.3. The number of hydrogen-bond donors (Lipinski definition) is 0. The molecule has 0 bridgehead atoms. The van der Waals surface area contributed by atoms with Crippen molar-refractivity contribution in [3.05, 3.63) is 17.0 Å². The van der Waals surface area contributed by atoms with Crippen molar-refractivity contribution < 1.29 is 14.4 Å². The van der Waals surface area contributed by atoms with Crippen LogP contribution in [-0.4, -0.2) is 68.5 Å². The molecule has 4 rings (SSSR count). The van der Waals surface area contributed by atoms with Crippen molar-refractivity contribution in [2.45, 2.75) is 39.3 Å². The number of urea groups is 1. The van der Waals surface area contributed by atoms with Crippen molar-refractivity contribution in [1.29, 1.82) is 0 Å². The first-order valence-corrected chi connectivity index (χ1v) is 8.57. The van der Waals surface area contributed by atoms with Gasteiger partial charge in [0.05, 0.1) is 24.5 Å². The first kappa shape index (κ1) is 15.2. The molecule has 8 nitrogen and oxygen atoms in total. The van der Waals surface area contributed by atoms with E-state index in [0.717, 1.165) is 35.6 Å². The number of carbonyl (C=O) groups is 3. The van der Waals surface area contributed by atoms with Crippen LogP contribution in [0.15, 0.2) is 0 Å². The zero-order valence-electron chi connectivity index (χ0n) is 13.8. The minimum atomic E-state index is -0.711. The van der Waals surface area contributed by atoms with Crippen molar-refractivity contribution in [2.75, 3.05) is 26.2 Å². The van der Waals surface area contributed by atoms with Gasteiger partial charge in [-0.3, -0.25) is 19.2 Å². The lowest BCUT2D eigenvalue weighted by Gasteiger charge is -2.36. The van der Waals surface area contributed by atoms with E-state index in [9.17, 15) is 14.4 Å². The minimum Gasteiger partial charge on any atom is -0.333 e. The Morgan fingerprint density at radius 3 is 2.71 bits per heavy atom. The van der Waals surface area contributed by atoms with Crippen LogP contribution in [0, 0.1) is 0 Å². The maximum atomic E-state index is 12.8. The van der Waals surface area contributed by atoms with E-state index in [4.69, 9.17) is 0 Å². The fourth-order valence-corrected chi connectivity index (χ4v) is 3.84. The van der Waals surface area contributed by atoms with Crippen molar-refractivity contribution >= 4 is 17.8 Å². The van der Waals surface area contributed by atoms with Gasteiger partial charge in [0.2, 0.25) is 0 Å². The summed E-state index contributed by atoms with van der Waals surface area (Å²) in [6.45, 7) is 4.62. The molecule has 0 spiro atoms. The number of rotatable bonds is 1. The molecule has 1 aliphatic carbocycles. The molecule has 24 heavy (non-hydrogen) atoms. The van der Waals surface area contributed by atoms with Gasteiger partial charge in [-0.05, 0) is 31.7 Å². The smallest absolute Gasteiger partial charge is 0.327 e. The molecular formula is C16H21N5O3. The largest absolute Gasteiger partial charge is 0.333 e. The molecule has 0 radical (unpaired) electrons. The molecule has 0 saturated carbocycles. The van der Waals surface area contributed by atoms with E-state index in [1.54, 1.807) is 4.90 Å².